The van der Waals surface area contributed by atoms with Gasteiger partial charge in [-0.15, -0.1) is 0 Å². The Morgan fingerprint density at radius 2 is 2.08 bits per heavy atom. The van der Waals surface area contributed by atoms with Crippen LogP contribution in [0, 0.1) is 11.8 Å². The van der Waals surface area contributed by atoms with Crippen molar-refractivity contribution in [2.24, 2.45) is 11.8 Å². The third-order valence-corrected chi connectivity index (χ3v) is 3.54. The molecule has 2 saturated heterocycles. The van der Waals surface area contributed by atoms with Crippen molar-refractivity contribution < 1.29 is 9.53 Å². The van der Waals surface area contributed by atoms with Crippen LogP contribution >= 0.6 is 0 Å². The van der Waals surface area contributed by atoms with E-state index in [0.717, 1.165) is 0 Å². The van der Waals surface area contributed by atoms with Crippen LogP contribution in [-0.4, -0.2) is 29.2 Å². The number of hydrogen-bond donors (Lipinski definition) is 0. The Balaban J connectivity index is 2.33. The summed E-state index contributed by atoms with van der Waals surface area (Å²) in [5, 5.41) is 0. The molecule has 0 aliphatic carbocycles. The third-order valence-electron chi connectivity index (χ3n) is 3.54. The molecule has 0 bridgehead atoms. The van der Waals surface area contributed by atoms with E-state index < -0.39 is 0 Å². The molecular formula is C10H17NO2. The monoisotopic (exact) mass is 183 g/mol. The number of amides is 1. The molecule has 0 aromatic rings. The summed E-state index contributed by atoms with van der Waals surface area (Å²) < 4.78 is 5.60. The van der Waals surface area contributed by atoms with Gasteiger partial charge in [-0.05, 0) is 19.8 Å². The highest BCUT2D eigenvalue weighted by molar-refractivity contribution is 5.82. The summed E-state index contributed by atoms with van der Waals surface area (Å²) in [4.78, 5) is 13.8. The van der Waals surface area contributed by atoms with Gasteiger partial charge in [0, 0.05) is 5.92 Å². The Morgan fingerprint density at radius 1 is 1.46 bits per heavy atom. The largest absolute Gasteiger partial charge is 0.354 e. The Kier molecular flexibility index (Phi) is 1.71. The lowest BCUT2D eigenvalue weighted by Crippen LogP contribution is -2.44. The van der Waals surface area contributed by atoms with Gasteiger partial charge in [-0.2, -0.15) is 0 Å². The van der Waals surface area contributed by atoms with E-state index in [2.05, 4.69) is 6.92 Å². The summed E-state index contributed by atoms with van der Waals surface area (Å²) in [6.45, 7) is 8.79. The first-order valence-corrected chi connectivity index (χ1v) is 4.92. The van der Waals surface area contributed by atoms with E-state index in [1.54, 1.807) is 0 Å². The summed E-state index contributed by atoms with van der Waals surface area (Å²) >= 11 is 0. The SMILES string of the molecule is C[C@@H]1[C@H](C)C(=O)N2[C@@H]1COC2(C)C. The first kappa shape index (κ1) is 9.00. The maximum atomic E-state index is 11.9. The van der Waals surface area contributed by atoms with Gasteiger partial charge < -0.3 is 9.64 Å². The van der Waals surface area contributed by atoms with Crippen LogP contribution in [0.2, 0.25) is 0 Å². The fraction of sp³-hybridized carbons (Fsp3) is 0.900. The molecule has 1 amide bonds. The van der Waals surface area contributed by atoms with Crippen LogP contribution in [0.4, 0.5) is 0 Å². The molecule has 0 aromatic heterocycles. The fourth-order valence-corrected chi connectivity index (χ4v) is 2.43. The van der Waals surface area contributed by atoms with Crippen molar-refractivity contribution >= 4 is 5.91 Å². The molecule has 2 aliphatic heterocycles. The predicted octanol–water partition coefficient (Wildman–Crippen LogP) is 1.24. The van der Waals surface area contributed by atoms with Crippen LogP contribution in [0.3, 0.4) is 0 Å². The summed E-state index contributed by atoms with van der Waals surface area (Å²) in [6.07, 6.45) is 0. The van der Waals surface area contributed by atoms with Crippen LogP contribution in [-0.2, 0) is 9.53 Å². The van der Waals surface area contributed by atoms with Gasteiger partial charge in [0.1, 0.15) is 5.72 Å². The number of fused-ring (bicyclic) bond motifs is 1. The van der Waals surface area contributed by atoms with Crippen molar-refractivity contribution in [1.29, 1.82) is 0 Å². The number of carbonyl (C=O) groups is 1. The number of nitrogens with zero attached hydrogens (tertiary/aromatic N) is 1. The van der Waals surface area contributed by atoms with Crippen molar-refractivity contribution in [3.63, 3.8) is 0 Å². The molecule has 3 heteroatoms. The zero-order valence-corrected chi connectivity index (χ0v) is 8.70. The van der Waals surface area contributed by atoms with Crippen LogP contribution in [0.15, 0.2) is 0 Å². The molecule has 2 rings (SSSR count). The Labute approximate surface area is 79.0 Å². The Morgan fingerprint density at radius 3 is 2.62 bits per heavy atom. The second kappa shape index (κ2) is 2.47. The van der Waals surface area contributed by atoms with Gasteiger partial charge in [-0.1, -0.05) is 13.8 Å². The minimum atomic E-state index is -0.388. The van der Waals surface area contributed by atoms with Crippen LogP contribution in [0.25, 0.3) is 0 Å². The summed E-state index contributed by atoms with van der Waals surface area (Å²) in [7, 11) is 0. The van der Waals surface area contributed by atoms with E-state index in [9.17, 15) is 4.79 Å². The van der Waals surface area contributed by atoms with E-state index in [0.29, 0.717) is 18.6 Å². The topological polar surface area (TPSA) is 29.5 Å². The normalized spacial score (nSPS) is 42.6. The zero-order valence-electron chi connectivity index (χ0n) is 8.70. The summed E-state index contributed by atoms with van der Waals surface area (Å²) in [6, 6.07) is 0.303. The Hall–Kier alpha value is -0.570. The molecule has 0 saturated carbocycles. The molecule has 0 radical (unpaired) electrons. The van der Waals surface area contributed by atoms with Crippen LogP contribution < -0.4 is 0 Å². The smallest absolute Gasteiger partial charge is 0.228 e. The lowest BCUT2D eigenvalue weighted by Gasteiger charge is -2.29. The minimum Gasteiger partial charge on any atom is -0.354 e. The maximum Gasteiger partial charge on any atom is 0.228 e. The van der Waals surface area contributed by atoms with Crippen molar-refractivity contribution in [2.45, 2.75) is 39.5 Å². The molecule has 0 unspecified atom stereocenters. The van der Waals surface area contributed by atoms with E-state index in [1.165, 1.54) is 0 Å². The van der Waals surface area contributed by atoms with Crippen LogP contribution in [0.1, 0.15) is 27.7 Å². The lowest BCUT2D eigenvalue weighted by atomic mass is 9.94. The van der Waals surface area contributed by atoms with Crippen molar-refractivity contribution in [1.82, 2.24) is 4.90 Å². The highest BCUT2D eigenvalue weighted by atomic mass is 16.5. The van der Waals surface area contributed by atoms with E-state index in [4.69, 9.17) is 4.74 Å². The maximum absolute atomic E-state index is 11.9. The number of hydrogen-bond acceptors (Lipinski definition) is 2. The molecule has 0 N–H and O–H groups in total. The van der Waals surface area contributed by atoms with Crippen molar-refractivity contribution in [3.8, 4) is 0 Å². The van der Waals surface area contributed by atoms with Gasteiger partial charge in [0.2, 0.25) is 5.91 Å². The molecule has 0 aromatic carbocycles. The fourth-order valence-electron chi connectivity index (χ4n) is 2.43. The van der Waals surface area contributed by atoms with E-state index >= 15 is 0 Å². The predicted molar refractivity (Wildman–Crippen MR) is 49.0 cm³/mol. The molecule has 2 heterocycles. The van der Waals surface area contributed by atoms with E-state index in [-0.39, 0.29) is 17.6 Å². The summed E-state index contributed by atoms with van der Waals surface area (Å²) in [5.41, 5.74) is -0.388. The highest BCUT2D eigenvalue weighted by Crippen LogP contribution is 2.40. The third kappa shape index (κ3) is 1.03. The van der Waals surface area contributed by atoms with Gasteiger partial charge >= 0.3 is 0 Å². The molecular weight excluding hydrogens is 166 g/mol. The standard InChI is InChI=1S/C10H17NO2/c1-6-7(2)9(12)11-8(6)5-13-10(11,3)4/h6-8H,5H2,1-4H3/t6-,7+,8-/m1/s1. The molecule has 2 aliphatic rings. The molecule has 2 fully saturated rings. The molecule has 3 nitrogen and oxygen atoms in total. The van der Waals surface area contributed by atoms with Gasteiger partial charge in [-0.25, -0.2) is 0 Å². The van der Waals surface area contributed by atoms with Gasteiger partial charge in [0.15, 0.2) is 0 Å². The lowest BCUT2D eigenvalue weighted by molar-refractivity contribution is -0.144. The first-order valence-electron chi connectivity index (χ1n) is 4.92. The van der Waals surface area contributed by atoms with E-state index in [1.807, 2.05) is 25.7 Å². The van der Waals surface area contributed by atoms with Gasteiger partial charge in [0.05, 0.1) is 12.6 Å². The molecule has 13 heavy (non-hydrogen) atoms. The minimum absolute atomic E-state index is 0.160. The number of carbonyl (C=O) groups excluding carboxylic acids is 1. The van der Waals surface area contributed by atoms with Crippen LogP contribution in [0.5, 0.6) is 0 Å². The van der Waals surface area contributed by atoms with Gasteiger partial charge in [-0.3, -0.25) is 4.79 Å². The first-order chi connectivity index (χ1) is 5.95. The average molecular weight is 183 g/mol. The second-order valence-corrected chi connectivity index (χ2v) is 4.68. The number of rotatable bonds is 0. The highest BCUT2D eigenvalue weighted by Gasteiger charge is 2.53. The number of ether oxygens (including phenoxy) is 1. The molecule has 74 valence electrons. The second-order valence-electron chi connectivity index (χ2n) is 4.68. The average Bonchev–Trinajstić information content (AvgIpc) is 2.46. The molecule has 0 spiro atoms. The Bertz CT molecular complexity index is 249. The van der Waals surface area contributed by atoms with Gasteiger partial charge in [0.25, 0.3) is 0 Å². The summed E-state index contributed by atoms with van der Waals surface area (Å²) in [5.74, 6) is 0.836. The van der Waals surface area contributed by atoms with Crippen molar-refractivity contribution in [2.75, 3.05) is 6.61 Å². The quantitative estimate of drug-likeness (QED) is 0.565. The van der Waals surface area contributed by atoms with Crippen molar-refractivity contribution in [3.05, 3.63) is 0 Å². The zero-order chi connectivity index (χ0) is 9.80. The molecule has 3 atom stereocenters.